The number of carboxylic acid groups (broad SMARTS) is 1. The minimum absolute atomic E-state index is 0.0738. The molecule has 0 amide bonds. The van der Waals surface area contributed by atoms with Gasteiger partial charge in [0.25, 0.3) is 5.56 Å². The summed E-state index contributed by atoms with van der Waals surface area (Å²) in [7, 11) is 1.31. The van der Waals surface area contributed by atoms with Crippen LogP contribution in [0.25, 0.3) is 17.4 Å². The number of aromatic nitrogens is 1. The van der Waals surface area contributed by atoms with Gasteiger partial charge in [-0.3, -0.25) is 9.36 Å². The van der Waals surface area contributed by atoms with Gasteiger partial charge in [0, 0.05) is 11.6 Å². The van der Waals surface area contributed by atoms with Crippen molar-refractivity contribution in [3.05, 3.63) is 114 Å². The number of nitrogens with zero attached hydrogens (tertiary/aromatic N) is 2. The number of furan rings is 1. The number of halogens is 1. The van der Waals surface area contributed by atoms with Crippen molar-refractivity contribution in [3.8, 4) is 11.3 Å². The summed E-state index contributed by atoms with van der Waals surface area (Å²) in [5, 5.41) is 9.64. The number of hydrogen-bond acceptors (Lipinski definition) is 7. The van der Waals surface area contributed by atoms with Gasteiger partial charge in [0.1, 0.15) is 11.5 Å². The normalized spacial score (nSPS) is 15.2. The Labute approximate surface area is 225 Å². The van der Waals surface area contributed by atoms with E-state index in [1.807, 2.05) is 37.3 Å². The summed E-state index contributed by atoms with van der Waals surface area (Å²) >= 11 is 7.47. The van der Waals surface area contributed by atoms with Crippen molar-refractivity contribution in [2.75, 3.05) is 7.11 Å². The van der Waals surface area contributed by atoms with Crippen molar-refractivity contribution >= 4 is 41.0 Å². The van der Waals surface area contributed by atoms with Crippen LogP contribution in [0.4, 0.5) is 0 Å². The molecule has 0 radical (unpaired) electrons. The Bertz CT molecular complexity index is 1780. The van der Waals surface area contributed by atoms with Gasteiger partial charge < -0.3 is 14.3 Å². The molecular weight excluding hydrogens is 528 g/mol. The lowest BCUT2D eigenvalue weighted by Gasteiger charge is -2.25. The van der Waals surface area contributed by atoms with Crippen molar-refractivity contribution < 1.29 is 23.8 Å². The number of carbonyl (C=O) groups is 2. The van der Waals surface area contributed by atoms with Crippen LogP contribution in [0.2, 0.25) is 5.02 Å². The first-order valence-corrected chi connectivity index (χ1v) is 12.8. The van der Waals surface area contributed by atoms with Gasteiger partial charge in [-0.1, -0.05) is 60.2 Å². The predicted octanol–water partition coefficient (Wildman–Crippen LogP) is 4.41. The second-order valence-corrected chi connectivity index (χ2v) is 9.82. The molecule has 0 saturated heterocycles. The van der Waals surface area contributed by atoms with Crippen molar-refractivity contribution in [1.29, 1.82) is 0 Å². The molecule has 38 heavy (non-hydrogen) atoms. The highest BCUT2D eigenvalue weighted by Gasteiger charge is 2.33. The lowest BCUT2D eigenvalue weighted by molar-refractivity contribution is -0.136. The zero-order chi connectivity index (χ0) is 27.0. The van der Waals surface area contributed by atoms with Crippen LogP contribution in [0.5, 0.6) is 0 Å². The first kappa shape index (κ1) is 25.4. The smallest absolute Gasteiger partial charge is 0.338 e. The maximum absolute atomic E-state index is 13.7. The SMILES string of the molecule is CCC1=C(C(=O)OC)[C@H](c2ccccc2)n2c(s/c(=C\c3ccc(-c4cc(C(=O)O)ccc4Cl)o3)c2=O)=N1. The van der Waals surface area contributed by atoms with Crippen molar-refractivity contribution in [2.24, 2.45) is 4.99 Å². The van der Waals surface area contributed by atoms with Gasteiger partial charge in [-0.2, -0.15) is 0 Å². The molecular formula is C28H21ClN2O6S. The van der Waals surface area contributed by atoms with Gasteiger partial charge in [-0.25, -0.2) is 14.6 Å². The summed E-state index contributed by atoms with van der Waals surface area (Å²) in [6, 6.07) is 16.3. The molecule has 1 N–H and O–H groups in total. The number of ether oxygens (including phenoxy) is 1. The molecule has 10 heteroatoms. The molecule has 1 aliphatic rings. The predicted molar refractivity (Wildman–Crippen MR) is 143 cm³/mol. The Balaban J connectivity index is 1.65. The van der Waals surface area contributed by atoms with E-state index >= 15 is 0 Å². The van der Waals surface area contributed by atoms with Crippen molar-refractivity contribution in [3.63, 3.8) is 0 Å². The monoisotopic (exact) mass is 548 g/mol. The second kappa shape index (κ2) is 10.3. The fourth-order valence-corrected chi connectivity index (χ4v) is 5.58. The van der Waals surface area contributed by atoms with Crippen LogP contribution in [0.15, 0.2) is 86.1 Å². The van der Waals surface area contributed by atoms with E-state index in [1.54, 1.807) is 18.2 Å². The highest BCUT2D eigenvalue weighted by molar-refractivity contribution is 7.07. The summed E-state index contributed by atoms with van der Waals surface area (Å²) in [5.74, 6) is -0.881. The van der Waals surface area contributed by atoms with Gasteiger partial charge in [-0.15, -0.1) is 0 Å². The fraction of sp³-hybridized carbons (Fsp3) is 0.143. The van der Waals surface area contributed by atoms with Gasteiger partial charge >= 0.3 is 11.9 Å². The third kappa shape index (κ3) is 4.51. The molecule has 192 valence electrons. The number of benzene rings is 2. The molecule has 0 unspecified atom stereocenters. The first-order chi connectivity index (χ1) is 18.3. The minimum atomic E-state index is -1.08. The average molecular weight is 549 g/mol. The van der Waals surface area contributed by atoms with Crippen molar-refractivity contribution in [1.82, 2.24) is 4.57 Å². The van der Waals surface area contributed by atoms with Crippen LogP contribution in [-0.2, 0) is 9.53 Å². The fourth-order valence-electron chi connectivity index (χ4n) is 4.37. The molecule has 3 heterocycles. The van der Waals surface area contributed by atoms with E-state index in [0.29, 0.717) is 49.1 Å². The summed E-state index contributed by atoms with van der Waals surface area (Å²) < 4.78 is 12.9. The Morgan fingerprint density at radius 1 is 1.18 bits per heavy atom. The number of fused-ring (bicyclic) bond motifs is 1. The number of hydrogen-bond donors (Lipinski definition) is 1. The number of carbonyl (C=O) groups excluding carboxylic acids is 1. The second-order valence-electron chi connectivity index (χ2n) is 8.40. The molecule has 0 aliphatic carbocycles. The molecule has 2 aromatic heterocycles. The topological polar surface area (TPSA) is 111 Å². The minimum Gasteiger partial charge on any atom is -0.478 e. The summed E-state index contributed by atoms with van der Waals surface area (Å²) in [6.07, 6.45) is 2.08. The van der Waals surface area contributed by atoms with Gasteiger partial charge in [0.15, 0.2) is 4.80 Å². The van der Waals surface area contributed by atoms with E-state index < -0.39 is 18.0 Å². The van der Waals surface area contributed by atoms with Gasteiger partial charge in [0.2, 0.25) is 0 Å². The third-order valence-electron chi connectivity index (χ3n) is 6.14. The van der Waals surface area contributed by atoms with Crippen LogP contribution in [0.1, 0.15) is 41.1 Å². The average Bonchev–Trinajstić information content (AvgIpc) is 3.52. The van der Waals surface area contributed by atoms with Gasteiger partial charge in [-0.05, 0) is 42.3 Å². The van der Waals surface area contributed by atoms with Crippen LogP contribution in [0, 0.1) is 0 Å². The lowest BCUT2D eigenvalue weighted by atomic mass is 9.95. The molecule has 0 saturated carbocycles. The molecule has 4 aromatic rings. The number of allylic oxidation sites excluding steroid dienone is 1. The lowest BCUT2D eigenvalue weighted by Crippen LogP contribution is -2.40. The molecule has 1 aliphatic heterocycles. The Kier molecular flexibility index (Phi) is 6.88. The largest absolute Gasteiger partial charge is 0.478 e. The van der Waals surface area contributed by atoms with Crippen LogP contribution in [0.3, 0.4) is 0 Å². The van der Waals surface area contributed by atoms with E-state index in [9.17, 15) is 19.5 Å². The number of esters is 1. The Morgan fingerprint density at radius 3 is 2.63 bits per heavy atom. The number of carboxylic acids is 1. The van der Waals surface area contributed by atoms with Crippen LogP contribution in [-0.4, -0.2) is 28.7 Å². The number of thiazole rings is 1. The molecule has 2 aromatic carbocycles. The standard InChI is InChI=1S/C28H21ClN2O6S/c1-3-20-23(27(35)36-2)24(15-7-5-4-6-8-15)31-25(32)22(38-28(31)30-20)14-17-10-12-21(37-17)18-13-16(26(33)34)9-11-19(18)29/h4-14,24H,3H2,1-2H3,(H,33,34)/b22-14-/t24-/m0/s1. The van der Waals surface area contributed by atoms with E-state index in [1.165, 1.54) is 41.2 Å². The molecule has 0 bridgehead atoms. The number of rotatable bonds is 6. The maximum atomic E-state index is 13.7. The highest BCUT2D eigenvalue weighted by atomic mass is 35.5. The third-order valence-corrected chi connectivity index (χ3v) is 7.46. The van der Waals surface area contributed by atoms with Crippen molar-refractivity contribution in [2.45, 2.75) is 19.4 Å². The maximum Gasteiger partial charge on any atom is 0.338 e. The summed E-state index contributed by atoms with van der Waals surface area (Å²) in [6.45, 7) is 1.90. The first-order valence-electron chi connectivity index (χ1n) is 11.6. The summed E-state index contributed by atoms with van der Waals surface area (Å²) in [4.78, 5) is 43.0. The molecule has 8 nitrogen and oxygen atoms in total. The highest BCUT2D eigenvalue weighted by Crippen LogP contribution is 2.32. The van der Waals surface area contributed by atoms with E-state index in [0.717, 1.165) is 5.56 Å². The molecule has 1 atom stereocenters. The quantitative estimate of drug-likeness (QED) is 0.357. The molecule has 5 rings (SSSR count). The van der Waals surface area contributed by atoms with E-state index in [4.69, 9.17) is 20.8 Å². The van der Waals surface area contributed by atoms with E-state index in [-0.39, 0.29) is 11.1 Å². The Morgan fingerprint density at radius 2 is 1.95 bits per heavy atom. The van der Waals surface area contributed by atoms with Crippen LogP contribution < -0.4 is 14.9 Å². The number of aromatic carboxylic acids is 1. The van der Waals surface area contributed by atoms with Gasteiger partial charge in [0.05, 0.1) is 39.5 Å². The number of methoxy groups -OCH3 is 1. The molecule has 0 spiro atoms. The zero-order valence-corrected chi connectivity index (χ0v) is 21.9. The summed E-state index contributed by atoms with van der Waals surface area (Å²) in [5.41, 5.74) is 1.81. The van der Waals surface area contributed by atoms with Crippen LogP contribution >= 0.6 is 22.9 Å². The molecule has 0 fully saturated rings. The Hall–Kier alpha value is -4.21. The van der Waals surface area contributed by atoms with E-state index in [2.05, 4.69) is 4.99 Å². The zero-order valence-electron chi connectivity index (χ0n) is 20.3.